The monoisotopic (exact) mass is 444 g/mol. The number of nitro groups is 1. The van der Waals surface area contributed by atoms with E-state index in [2.05, 4.69) is 10.2 Å². The number of aromatic amines is 1. The molecule has 5 rings (SSSR count). The molecule has 0 fully saturated rings. The van der Waals surface area contributed by atoms with Crippen LogP contribution in [-0.4, -0.2) is 21.0 Å². The second-order valence-electron chi connectivity index (χ2n) is 7.63. The lowest BCUT2D eigenvalue weighted by molar-refractivity contribution is -0.384. The summed E-state index contributed by atoms with van der Waals surface area (Å²) in [7, 11) is 0. The highest BCUT2D eigenvalue weighted by Crippen LogP contribution is 2.45. The Morgan fingerprint density at radius 2 is 1.66 bits per heavy atom. The van der Waals surface area contributed by atoms with E-state index in [-0.39, 0.29) is 11.6 Å². The van der Waals surface area contributed by atoms with Crippen LogP contribution in [-0.2, 0) is 0 Å². The molecule has 1 aromatic heterocycles. The molecule has 1 N–H and O–H groups in total. The zero-order valence-corrected chi connectivity index (χ0v) is 17.7. The highest BCUT2D eigenvalue weighted by molar-refractivity contribution is 6.30. The molecule has 32 heavy (non-hydrogen) atoms. The van der Waals surface area contributed by atoms with E-state index in [0.29, 0.717) is 16.4 Å². The SMILES string of the molecule is Cc1ccc(N2C(=O)c3[nH]nc(-c4ccc(Cl)cc4)c3[C@H]2c2ccc([N+](=O)[O-])cc2)cc1. The number of carbonyl (C=O) groups excluding carboxylic acids is 1. The maximum Gasteiger partial charge on any atom is 0.277 e. The molecule has 1 atom stereocenters. The highest BCUT2D eigenvalue weighted by atomic mass is 35.5. The maximum absolute atomic E-state index is 13.5. The average Bonchev–Trinajstić information content (AvgIpc) is 3.34. The molecule has 0 radical (unpaired) electrons. The van der Waals surface area contributed by atoms with Crippen LogP contribution in [0, 0.1) is 17.0 Å². The van der Waals surface area contributed by atoms with Crippen LogP contribution in [0.1, 0.15) is 33.2 Å². The van der Waals surface area contributed by atoms with E-state index in [1.54, 1.807) is 29.2 Å². The number of anilines is 1. The van der Waals surface area contributed by atoms with Crippen molar-refractivity contribution in [3.63, 3.8) is 0 Å². The van der Waals surface area contributed by atoms with Crippen LogP contribution in [0.25, 0.3) is 11.3 Å². The van der Waals surface area contributed by atoms with Crippen LogP contribution in [0.2, 0.25) is 5.02 Å². The van der Waals surface area contributed by atoms with E-state index in [4.69, 9.17) is 11.6 Å². The van der Waals surface area contributed by atoms with E-state index in [0.717, 1.165) is 27.9 Å². The maximum atomic E-state index is 13.5. The van der Waals surface area contributed by atoms with Gasteiger partial charge in [-0.1, -0.05) is 41.4 Å². The number of fused-ring (bicyclic) bond motifs is 1. The molecule has 4 aromatic rings. The normalized spacial score (nSPS) is 15.1. The Balaban J connectivity index is 1.70. The largest absolute Gasteiger partial charge is 0.295 e. The molecule has 1 amide bonds. The number of amides is 1. The average molecular weight is 445 g/mol. The standard InChI is InChI=1S/C24H17ClN4O3/c1-14-2-10-18(11-3-14)28-23(16-6-12-19(13-7-16)29(31)32)20-21(26-27-22(20)24(28)30)15-4-8-17(25)9-5-15/h2-13,23H,1H3,(H,26,27)/t23-/m1/s1. The summed E-state index contributed by atoms with van der Waals surface area (Å²) in [5.74, 6) is -0.208. The van der Waals surface area contributed by atoms with Gasteiger partial charge in [0.05, 0.1) is 16.7 Å². The summed E-state index contributed by atoms with van der Waals surface area (Å²) in [6.07, 6.45) is 0. The predicted octanol–water partition coefficient (Wildman–Crippen LogP) is 5.70. The minimum Gasteiger partial charge on any atom is -0.295 e. The van der Waals surface area contributed by atoms with Crippen molar-refractivity contribution in [1.82, 2.24) is 10.2 Å². The molecule has 8 heteroatoms. The fraction of sp³-hybridized carbons (Fsp3) is 0.0833. The van der Waals surface area contributed by atoms with Gasteiger partial charge in [0.2, 0.25) is 0 Å². The number of benzene rings is 3. The summed E-state index contributed by atoms with van der Waals surface area (Å²) in [5.41, 5.74) is 5.14. The van der Waals surface area contributed by atoms with Crippen molar-refractivity contribution >= 4 is 28.9 Å². The van der Waals surface area contributed by atoms with Crippen LogP contribution in [0.15, 0.2) is 72.8 Å². The number of hydrogen-bond donors (Lipinski definition) is 1. The van der Waals surface area contributed by atoms with E-state index in [1.165, 1.54) is 12.1 Å². The zero-order valence-electron chi connectivity index (χ0n) is 16.9. The topological polar surface area (TPSA) is 92.1 Å². The summed E-state index contributed by atoms with van der Waals surface area (Å²) in [6, 6.07) is 20.7. The Kier molecular flexibility index (Phi) is 4.75. The number of nitrogens with one attached hydrogen (secondary N) is 1. The van der Waals surface area contributed by atoms with Crippen molar-refractivity contribution in [2.75, 3.05) is 4.90 Å². The third-order valence-electron chi connectivity index (χ3n) is 5.62. The van der Waals surface area contributed by atoms with Gasteiger partial charge in [0.1, 0.15) is 5.69 Å². The molecule has 0 spiro atoms. The molecular weight excluding hydrogens is 428 g/mol. The van der Waals surface area contributed by atoms with Crippen molar-refractivity contribution in [3.8, 4) is 11.3 Å². The first-order valence-electron chi connectivity index (χ1n) is 9.93. The van der Waals surface area contributed by atoms with Crippen LogP contribution in [0.3, 0.4) is 0 Å². The molecule has 3 aromatic carbocycles. The number of aryl methyl sites for hydroxylation is 1. The van der Waals surface area contributed by atoms with Crippen LogP contribution >= 0.6 is 11.6 Å². The molecule has 0 unspecified atom stereocenters. The number of H-pyrrole nitrogens is 1. The van der Waals surface area contributed by atoms with Gasteiger partial charge < -0.3 is 0 Å². The van der Waals surface area contributed by atoms with E-state index < -0.39 is 11.0 Å². The number of aromatic nitrogens is 2. The summed E-state index contributed by atoms with van der Waals surface area (Å²) < 4.78 is 0. The van der Waals surface area contributed by atoms with Gasteiger partial charge in [-0.2, -0.15) is 5.10 Å². The summed E-state index contributed by atoms with van der Waals surface area (Å²) in [5, 5.41) is 19.1. The smallest absolute Gasteiger partial charge is 0.277 e. The van der Waals surface area contributed by atoms with Crippen molar-refractivity contribution in [3.05, 3.63) is 110 Å². The predicted molar refractivity (Wildman–Crippen MR) is 122 cm³/mol. The molecule has 1 aliphatic rings. The van der Waals surface area contributed by atoms with E-state index >= 15 is 0 Å². The van der Waals surface area contributed by atoms with Crippen LogP contribution in [0.5, 0.6) is 0 Å². The Hall–Kier alpha value is -3.97. The lowest BCUT2D eigenvalue weighted by Crippen LogP contribution is -2.29. The summed E-state index contributed by atoms with van der Waals surface area (Å²) in [6.45, 7) is 1.98. The van der Waals surface area contributed by atoms with Crippen molar-refractivity contribution in [2.45, 2.75) is 13.0 Å². The van der Waals surface area contributed by atoms with Crippen molar-refractivity contribution in [1.29, 1.82) is 0 Å². The molecule has 0 aliphatic carbocycles. The lowest BCUT2D eigenvalue weighted by atomic mass is 9.95. The third kappa shape index (κ3) is 3.23. The molecule has 2 heterocycles. The molecular formula is C24H17ClN4O3. The second-order valence-corrected chi connectivity index (χ2v) is 8.07. The fourth-order valence-corrected chi connectivity index (χ4v) is 4.17. The first kappa shape index (κ1) is 20.0. The summed E-state index contributed by atoms with van der Waals surface area (Å²) >= 11 is 6.05. The van der Waals surface area contributed by atoms with Crippen molar-refractivity contribution in [2.24, 2.45) is 0 Å². The van der Waals surface area contributed by atoms with Gasteiger partial charge in [-0.25, -0.2) is 0 Å². The molecule has 7 nitrogen and oxygen atoms in total. The van der Waals surface area contributed by atoms with E-state index in [1.807, 2.05) is 43.3 Å². The molecule has 0 saturated heterocycles. The third-order valence-corrected chi connectivity index (χ3v) is 5.87. The highest BCUT2D eigenvalue weighted by Gasteiger charge is 2.43. The molecule has 158 valence electrons. The fourth-order valence-electron chi connectivity index (χ4n) is 4.04. The number of non-ortho nitro benzene ring substituents is 1. The first-order chi connectivity index (χ1) is 15.4. The zero-order chi connectivity index (χ0) is 22.4. The van der Waals surface area contributed by atoms with Crippen LogP contribution in [0.4, 0.5) is 11.4 Å². The van der Waals surface area contributed by atoms with Gasteiger partial charge >= 0.3 is 0 Å². The Labute approximate surface area is 188 Å². The minimum atomic E-state index is -0.495. The Bertz CT molecular complexity index is 1330. The second kappa shape index (κ2) is 7.62. The van der Waals surface area contributed by atoms with Gasteiger partial charge in [-0.05, 0) is 48.9 Å². The van der Waals surface area contributed by atoms with Gasteiger partial charge in [0.25, 0.3) is 11.6 Å². The Morgan fingerprint density at radius 1 is 1.00 bits per heavy atom. The summed E-state index contributed by atoms with van der Waals surface area (Å²) in [4.78, 5) is 25.9. The number of hydrogen-bond acceptors (Lipinski definition) is 4. The number of halogens is 1. The van der Waals surface area contributed by atoms with Crippen molar-refractivity contribution < 1.29 is 9.72 Å². The minimum absolute atomic E-state index is 0.00898. The van der Waals surface area contributed by atoms with Gasteiger partial charge in [-0.15, -0.1) is 0 Å². The number of nitro benzene ring substituents is 1. The molecule has 0 bridgehead atoms. The van der Waals surface area contributed by atoms with Gasteiger partial charge in [-0.3, -0.25) is 24.9 Å². The molecule has 1 aliphatic heterocycles. The lowest BCUT2D eigenvalue weighted by Gasteiger charge is -2.26. The van der Waals surface area contributed by atoms with E-state index in [9.17, 15) is 14.9 Å². The Morgan fingerprint density at radius 3 is 2.28 bits per heavy atom. The number of rotatable bonds is 4. The molecule has 0 saturated carbocycles. The first-order valence-corrected chi connectivity index (χ1v) is 10.3. The quantitative estimate of drug-likeness (QED) is 0.323. The van der Waals surface area contributed by atoms with Crippen LogP contribution < -0.4 is 4.90 Å². The number of nitrogens with zero attached hydrogens (tertiary/aromatic N) is 3. The number of carbonyl (C=O) groups is 1. The van der Waals surface area contributed by atoms with Gasteiger partial charge in [0, 0.05) is 34.0 Å². The van der Waals surface area contributed by atoms with Gasteiger partial charge in [0.15, 0.2) is 0 Å².